The Morgan fingerprint density at radius 1 is 1.29 bits per heavy atom. The number of amides is 2. The summed E-state index contributed by atoms with van der Waals surface area (Å²) in [4.78, 5) is 34.0. The van der Waals surface area contributed by atoms with Gasteiger partial charge < -0.3 is 0 Å². The second kappa shape index (κ2) is 3.68. The molecule has 1 aliphatic heterocycles. The average molecular weight is 231 g/mol. The largest absolute Gasteiger partial charge is 0.270 e. The summed E-state index contributed by atoms with van der Waals surface area (Å²) >= 11 is 0. The molecule has 1 aliphatic rings. The van der Waals surface area contributed by atoms with Crippen LogP contribution in [-0.2, 0) is 0 Å². The van der Waals surface area contributed by atoms with E-state index in [2.05, 4.69) is 0 Å². The first kappa shape index (κ1) is 10.8. The number of non-ortho nitro benzene ring substituents is 1. The number of benzene rings is 1. The first-order chi connectivity index (χ1) is 8.06. The molecule has 17 heavy (non-hydrogen) atoms. The molecule has 0 bridgehead atoms. The van der Waals surface area contributed by atoms with Gasteiger partial charge in [0.2, 0.25) is 0 Å². The van der Waals surface area contributed by atoms with Gasteiger partial charge in [0.25, 0.3) is 17.5 Å². The topological polar surface area (TPSA) is 104 Å². The molecule has 2 amide bonds. The summed E-state index contributed by atoms with van der Waals surface area (Å²) < 4.78 is 0. The van der Waals surface area contributed by atoms with E-state index >= 15 is 0 Å². The summed E-state index contributed by atoms with van der Waals surface area (Å²) in [6.45, 7) is -0.361. The van der Waals surface area contributed by atoms with Crippen molar-refractivity contribution in [1.82, 2.24) is 4.90 Å². The van der Waals surface area contributed by atoms with E-state index < -0.39 is 16.7 Å². The number of carbonyl (C=O) groups excluding carboxylic acids is 2. The van der Waals surface area contributed by atoms with Crippen molar-refractivity contribution in [2.24, 2.45) is 0 Å². The molecule has 2 rings (SSSR count). The van der Waals surface area contributed by atoms with Crippen LogP contribution in [0.3, 0.4) is 0 Å². The van der Waals surface area contributed by atoms with Crippen LogP contribution in [0.25, 0.3) is 0 Å². The maximum absolute atomic E-state index is 11.7. The van der Waals surface area contributed by atoms with Crippen LogP contribution in [0.4, 0.5) is 5.69 Å². The Kier molecular flexibility index (Phi) is 2.33. The van der Waals surface area contributed by atoms with Crippen LogP contribution in [0, 0.1) is 21.4 Å². The van der Waals surface area contributed by atoms with Crippen molar-refractivity contribution >= 4 is 17.5 Å². The second-order valence-electron chi connectivity index (χ2n) is 3.34. The Morgan fingerprint density at radius 2 is 1.94 bits per heavy atom. The monoisotopic (exact) mass is 231 g/mol. The number of nitro groups is 1. The SMILES string of the molecule is N#CCN1C(=O)c2ccc([N+](=O)[O-])cc2C1=O. The summed E-state index contributed by atoms with van der Waals surface area (Å²) in [6.07, 6.45) is 0. The Labute approximate surface area is 95.0 Å². The van der Waals surface area contributed by atoms with Crippen LogP contribution in [0.5, 0.6) is 0 Å². The maximum Gasteiger partial charge on any atom is 0.270 e. The van der Waals surface area contributed by atoms with E-state index in [4.69, 9.17) is 5.26 Å². The van der Waals surface area contributed by atoms with E-state index in [0.717, 1.165) is 17.0 Å². The lowest BCUT2D eigenvalue weighted by Crippen LogP contribution is -2.29. The average Bonchev–Trinajstić information content (AvgIpc) is 2.54. The number of hydrogen-bond donors (Lipinski definition) is 0. The summed E-state index contributed by atoms with van der Waals surface area (Å²) in [5.41, 5.74) is -0.195. The minimum Gasteiger partial charge on any atom is -0.269 e. The van der Waals surface area contributed by atoms with Gasteiger partial charge in [-0.2, -0.15) is 5.26 Å². The van der Waals surface area contributed by atoms with Crippen LogP contribution in [-0.4, -0.2) is 28.2 Å². The molecule has 0 atom stereocenters. The van der Waals surface area contributed by atoms with E-state index in [-0.39, 0.29) is 23.4 Å². The van der Waals surface area contributed by atoms with Gasteiger partial charge in [0.1, 0.15) is 6.54 Å². The molecule has 7 heteroatoms. The van der Waals surface area contributed by atoms with Crippen molar-refractivity contribution in [2.45, 2.75) is 0 Å². The third kappa shape index (κ3) is 1.52. The molecule has 0 saturated carbocycles. The highest BCUT2D eigenvalue weighted by molar-refractivity contribution is 6.21. The van der Waals surface area contributed by atoms with Gasteiger partial charge in [-0.25, -0.2) is 0 Å². The number of nitro benzene ring substituents is 1. The van der Waals surface area contributed by atoms with Gasteiger partial charge in [-0.15, -0.1) is 0 Å². The number of nitrogens with zero attached hydrogens (tertiary/aromatic N) is 3. The molecule has 0 spiro atoms. The Morgan fingerprint density at radius 3 is 2.53 bits per heavy atom. The fraction of sp³-hybridized carbons (Fsp3) is 0.100. The third-order valence-electron chi connectivity index (χ3n) is 2.39. The van der Waals surface area contributed by atoms with Gasteiger partial charge in [0, 0.05) is 12.1 Å². The maximum atomic E-state index is 11.7. The standard InChI is InChI=1S/C10H5N3O4/c11-3-4-12-9(14)7-2-1-6(13(16)17)5-8(7)10(12)15/h1-2,5H,4H2. The highest BCUT2D eigenvalue weighted by Gasteiger charge is 2.36. The van der Waals surface area contributed by atoms with Crippen molar-refractivity contribution in [3.8, 4) is 6.07 Å². The number of nitriles is 1. The molecule has 0 radical (unpaired) electrons. The molecule has 0 N–H and O–H groups in total. The van der Waals surface area contributed by atoms with Crippen molar-refractivity contribution in [1.29, 1.82) is 5.26 Å². The highest BCUT2D eigenvalue weighted by atomic mass is 16.6. The van der Waals surface area contributed by atoms with E-state index in [0.29, 0.717) is 0 Å². The zero-order chi connectivity index (χ0) is 12.6. The summed E-state index contributed by atoms with van der Waals surface area (Å²) in [5.74, 6) is -1.27. The van der Waals surface area contributed by atoms with E-state index in [9.17, 15) is 19.7 Å². The van der Waals surface area contributed by atoms with Crippen molar-refractivity contribution in [3.05, 3.63) is 39.4 Å². The summed E-state index contributed by atoms with van der Waals surface area (Å²) in [6, 6.07) is 5.12. The van der Waals surface area contributed by atoms with Gasteiger partial charge in [0.15, 0.2) is 0 Å². The van der Waals surface area contributed by atoms with Crippen LogP contribution in [0.1, 0.15) is 20.7 Å². The summed E-state index contributed by atoms with van der Waals surface area (Å²) in [5, 5.41) is 19.0. The molecule has 1 heterocycles. The lowest BCUT2D eigenvalue weighted by atomic mass is 10.1. The fourth-order valence-corrected chi connectivity index (χ4v) is 1.61. The number of fused-ring (bicyclic) bond motifs is 1. The van der Waals surface area contributed by atoms with Gasteiger partial charge in [-0.3, -0.25) is 24.6 Å². The lowest BCUT2D eigenvalue weighted by molar-refractivity contribution is -0.384. The Bertz CT molecular complexity index is 588. The highest BCUT2D eigenvalue weighted by Crippen LogP contribution is 2.26. The number of carbonyl (C=O) groups is 2. The number of rotatable bonds is 2. The zero-order valence-electron chi connectivity index (χ0n) is 8.41. The molecule has 0 fully saturated rings. The molecule has 7 nitrogen and oxygen atoms in total. The molecule has 0 unspecified atom stereocenters. The van der Waals surface area contributed by atoms with Gasteiger partial charge in [-0.05, 0) is 6.07 Å². The lowest BCUT2D eigenvalue weighted by Gasteiger charge is -2.06. The number of imide groups is 1. The molecule has 0 saturated heterocycles. The predicted octanol–water partition coefficient (Wildman–Crippen LogP) is 0.714. The minimum atomic E-state index is -0.671. The van der Waals surface area contributed by atoms with Gasteiger partial charge in [-0.1, -0.05) is 0 Å². The molecule has 1 aromatic rings. The zero-order valence-corrected chi connectivity index (χ0v) is 8.41. The van der Waals surface area contributed by atoms with Crippen LogP contribution in [0.2, 0.25) is 0 Å². The van der Waals surface area contributed by atoms with Gasteiger partial charge in [0.05, 0.1) is 22.1 Å². The molecule has 84 valence electrons. The van der Waals surface area contributed by atoms with Crippen molar-refractivity contribution in [3.63, 3.8) is 0 Å². The van der Waals surface area contributed by atoms with Crippen molar-refractivity contribution < 1.29 is 14.5 Å². The van der Waals surface area contributed by atoms with Gasteiger partial charge >= 0.3 is 0 Å². The fourth-order valence-electron chi connectivity index (χ4n) is 1.61. The molecule has 0 aliphatic carbocycles. The first-order valence-electron chi connectivity index (χ1n) is 4.58. The van der Waals surface area contributed by atoms with E-state index in [1.165, 1.54) is 6.07 Å². The Hall–Kier alpha value is -2.75. The van der Waals surface area contributed by atoms with Crippen LogP contribution < -0.4 is 0 Å². The van der Waals surface area contributed by atoms with Crippen LogP contribution >= 0.6 is 0 Å². The van der Waals surface area contributed by atoms with E-state index in [1.807, 2.05) is 0 Å². The first-order valence-corrected chi connectivity index (χ1v) is 4.58. The Balaban J connectivity index is 2.51. The van der Waals surface area contributed by atoms with Crippen molar-refractivity contribution in [2.75, 3.05) is 6.54 Å². The third-order valence-corrected chi connectivity index (χ3v) is 2.39. The molecule has 0 aromatic heterocycles. The minimum absolute atomic E-state index is 0.0283. The second-order valence-corrected chi connectivity index (χ2v) is 3.34. The quantitative estimate of drug-likeness (QED) is 0.322. The van der Waals surface area contributed by atoms with E-state index in [1.54, 1.807) is 6.07 Å². The summed E-state index contributed by atoms with van der Waals surface area (Å²) in [7, 11) is 0. The number of hydrogen-bond acceptors (Lipinski definition) is 5. The predicted molar refractivity (Wildman–Crippen MR) is 54.1 cm³/mol. The van der Waals surface area contributed by atoms with Crippen LogP contribution in [0.15, 0.2) is 18.2 Å². The molecular weight excluding hydrogens is 226 g/mol. The normalized spacial score (nSPS) is 13.5. The molecular formula is C10H5N3O4. The molecule has 1 aromatic carbocycles. The smallest absolute Gasteiger partial charge is 0.269 e.